The van der Waals surface area contributed by atoms with Gasteiger partial charge in [0.15, 0.2) is 23.2 Å². The van der Waals surface area contributed by atoms with Gasteiger partial charge in [-0.1, -0.05) is 59.6 Å². The first-order valence-corrected chi connectivity index (χ1v) is 12.6. The van der Waals surface area contributed by atoms with E-state index in [4.69, 9.17) is 0 Å². The third kappa shape index (κ3) is 4.25. The van der Waals surface area contributed by atoms with Crippen LogP contribution in [0.15, 0.2) is 18.2 Å². The molecule has 0 spiro atoms. The van der Waals surface area contributed by atoms with Gasteiger partial charge in [-0.25, -0.2) is 9.97 Å². The molecular formula is C24H31FN4Si. The van der Waals surface area contributed by atoms with Crippen molar-refractivity contribution in [2.24, 2.45) is 0 Å². The number of hydrogen-bond acceptors (Lipinski definition) is 4. The van der Waals surface area contributed by atoms with Gasteiger partial charge in [-0.2, -0.15) is 9.65 Å². The Morgan fingerprint density at radius 2 is 1.63 bits per heavy atom. The average molecular weight is 423 g/mol. The highest BCUT2D eigenvalue weighted by Gasteiger charge is 2.41. The van der Waals surface area contributed by atoms with Gasteiger partial charge in [0.2, 0.25) is 0 Å². The first-order valence-electron chi connectivity index (χ1n) is 10.4. The molecule has 0 atom stereocenters. The Hall–Kier alpha value is -2.70. The van der Waals surface area contributed by atoms with E-state index in [9.17, 15) is 5.26 Å². The summed E-state index contributed by atoms with van der Waals surface area (Å²) in [4.78, 5) is 8.83. The van der Waals surface area contributed by atoms with Gasteiger partial charge in [-0.15, -0.1) is 5.54 Å². The maximum Gasteiger partial charge on any atom is 0.199 e. The summed E-state index contributed by atoms with van der Waals surface area (Å²) < 4.78 is 15.1. The summed E-state index contributed by atoms with van der Waals surface area (Å²) in [5, 5.41) is 12.1. The molecule has 0 amide bonds. The van der Waals surface area contributed by atoms with E-state index in [1.807, 2.05) is 13.0 Å². The SMILES string of the molecule is CNc1nc(-c2cccc(C#N)c2C)nc(C#C[Si](C(C)C)(C(C)C)C(C)C)c1F. The zero-order chi connectivity index (χ0) is 22.6. The molecule has 0 fully saturated rings. The molecule has 2 aromatic rings. The van der Waals surface area contributed by atoms with Gasteiger partial charge in [-0.3, -0.25) is 0 Å². The van der Waals surface area contributed by atoms with E-state index in [-0.39, 0.29) is 11.5 Å². The number of anilines is 1. The molecule has 0 aliphatic carbocycles. The monoisotopic (exact) mass is 422 g/mol. The minimum atomic E-state index is -2.03. The Morgan fingerprint density at radius 3 is 2.13 bits per heavy atom. The summed E-state index contributed by atoms with van der Waals surface area (Å²) in [5.74, 6) is 3.05. The molecule has 0 bridgehead atoms. The van der Waals surface area contributed by atoms with Crippen LogP contribution in [0.25, 0.3) is 11.4 Å². The highest BCUT2D eigenvalue weighted by Crippen LogP contribution is 2.40. The molecule has 1 aromatic heterocycles. The van der Waals surface area contributed by atoms with E-state index in [0.29, 0.717) is 33.6 Å². The van der Waals surface area contributed by atoms with Crippen molar-refractivity contribution in [3.63, 3.8) is 0 Å². The highest BCUT2D eigenvalue weighted by atomic mass is 28.3. The van der Waals surface area contributed by atoms with Crippen LogP contribution >= 0.6 is 0 Å². The smallest absolute Gasteiger partial charge is 0.199 e. The lowest BCUT2D eigenvalue weighted by Crippen LogP contribution is -2.43. The summed E-state index contributed by atoms with van der Waals surface area (Å²) >= 11 is 0. The molecule has 158 valence electrons. The molecule has 4 nitrogen and oxygen atoms in total. The normalized spacial score (nSPS) is 11.4. The zero-order valence-corrected chi connectivity index (χ0v) is 20.2. The Bertz CT molecular complexity index is 1000. The van der Waals surface area contributed by atoms with E-state index in [1.165, 1.54) is 0 Å². The molecule has 1 N–H and O–H groups in total. The second-order valence-electron chi connectivity index (χ2n) is 8.55. The maximum absolute atomic E-state index is 15.1. The summed E-state index contributed by atoms with van der Waals surface area (Å²) in [6.07, 6.45) is 0. The van der Waals surface area contributed by atoms with Gasteiger partial charge in [0.05, 0.1) is 11.6 Å². The predicted molar refractivity (Wildman–Crippen MR) is 124 cm³/mol. The number of hydrogen-bond donors (Lipinski definition) is 1. The molecule has 2 rings (SSSR count). The van der Waals surface area contributed by atoms with Crippen LogP contribution in [0, 0.1) is 35.5 Å². The lowest BCUT2D eigenvalue weighted by atomic mass is 10.0. The minimum Gasteiger partial charge on any atom is -0.371 e. The number of aromatic nitrogens is 2. The standard InChI is InChI=1S/C24H31FN4Si/c1-15(2)30(16(3)4,17(5)6)13-12-21-22(25)24(27-8)29-23(28-21)20-11-9-10-19(14-26)18(20)7/h9-11,15-17H,1-8H3,(H,27,28,29). The lowest BCUT2D eigenvalue weighted by molar-refractivity contribution is 0.614. The third-order valence-electron chi connectivity index (χ3n) is 6.05. The van der Waals surface area contributed by atoms with Gasteiger partial charge >= 0.3 is 0 Å². The van der Waals surface area contributed by atoms with Gasteiger partial charge in [0.25, 0.3) is 0 Å². The van der Waals surface area contributed by atoms with Crippen molar-refractivity contribution in [2.45, 2.75) is 65.1 Å². The fourth-order valence-corrected chi connectivity index (χ4v) is 9.62. The first-order chi connectivity index (χ1) is 14.1. The second kappa shape index (κ2) is 9.41. The zero-order valence-electron chi connectivity index (χ0n) is 19.2. The van der Waals surface area contributed by atoms with Gasteiger partial charge in [0, 0.05) is 12.6 Å². The largest absolute Gasteiger partial charge is 0.371 e. The summed E-state index contributed by atoms with van der Waals surface area (Å²) in [6, 6.07) is 7.55. The number of nitriles is 1. The van der Waals surface area contributed by atoms with Crippen LogP contribution in [0.3, 0.4) is 0 Å². The van der Waals surface area contributed by atoms with Crippen LogP contribution < -0.4 is 5.32 Å². The molecule has 6 heteroatoms. The van der Waals surface area contributed by atoms with E-state index >= 15 is 4.39 Å². The summed E-state index contributed by atoms with van der Waals surface area (Å²) in [7, 11) is -0.409. The number of benzene rings is 1. The molecule has 0 saturated carbocycles. The second-order valence-corrected chi connectivity index (χ2v) is 14.1. The number of rotatable bonds is 5. The molecule has 0 saturated heterocycles. The number of halogens is 1. The van der Waals surface area contributed by atoms with Crippen molar-refractivity contribution in [1.29, 1.82) is 5.26 Å². The molecule has 1 aromatic carbocycles. The van der Waals surface area contributed by atoms with Crippen molar-refractivity contribution < 1.29 is 4.39 Å². The van der Waals surface area contributed by atoms with E-state index in [2.05, 4.69) is 74.4 Å². The van der Waals surface area contributed by atoms with Gasteiger partial charge < -0.3 is 5.32 Å². The Kier molecular flexibility index (Phi) is 7.39. The van der Waals surface area contributed by atoms with Crippen LogP contribution in [0.4, 0.5) is 10.2 Å². The van der Waals surface area contributed by atoms with Crippen molar-refractivity contribution >= 4 is 13.9 Å². The average Bonchev–Trinajstić information content (AvgIpc) is 2.69. The number of nitrogens with one attached hydrogen (secondary N) is 1. The highest BCUT2D eigenvalue weighted by molar-refractivity contribution is 6.90. The molecule has 0 radical (unpaired) electrons. The van der Waals surface area contributed by atoms with E-state index < -0.39 is 13.9 Å². The van der Waals surface area contributed by atoms with Crippen LogP contribution in [-0.2, 0) is 0 Å². The summed E-state index contributed by atoms with van der Waals surface area (Å²) in [5.41, 5.74) is 6.96. The van der Waals surface area contributed by atoms with Gasteiger partial charge in [-0.05, 0) is 35.2 Å². The van der Waals surface area contributed by atoms with Crippen molar-refractivity contribution in [1.82, 2.24) is 9.97 Å². The predicted octanol–water partition coefficient (Wildman–Crippen LogP) is 6.07. The van der Waals surface area contributed by atoms with E-state index in [0.717, 1.165) is 5.56 Å². The van der Waals surface area contributed by atoms with Gasteiger partial charge in [0.1, 0.15) is 8.07 Å². The fourth-order valence-electron chi connectivity index (χ4n) is 4.42. The van der Waals surface area contributed by atoms with Crippen molar-refractivity contribution in [2.75, 3.05) is 12.4 Å². The minimum absolute atomic E-state index is 0.102. The molecule has 0 unspecified atom stereocenters. The summed E-state index contributed by atoms with van der Waals surface area (Å²) in [6.45, 7) is 15.2. The van der Waals surface area contributed by atoms with Crippen LogP contribution in [0.1, 0.15) is 58.4 Å². The Morgan fingerprint density at radius 1 is 1.03 bits per heavy atom. The maximum atomic E-state index is 15.1. The van der Waals surface area contributed by atoms with Crippen molar-refractivity contribution in [3.05, 3.63) is 40.8 Å². The van der Waals surface area contributed by atoms with Crippen LogP contribution in [-0.4, -0.2) is 25.1 Å². The van der Waals surface area contributed by atoms with Crippen LogP contribution in [0.5, 0.6) is 0 Å². The van der Waals surface area contributed by atoms with E-state index in [1.54, 1.807) is 19.2 Å². The molecule has 30 heavy (non-hydrogen) atoms. The first kappa shape index (κ1) is 23.6. The Balaban J connectivity index is 2.74. The van der Waals surface area contributed by atoms with Crippen LogP contribution in [0.2, 0.25) is 16.6 Å². The third-order valence-corrected chi connectivity index (χ3v) is 12.3. The molecule has 0 aliphatic heterocycles. The molecular weight excluding hydrogens is 391 g/mol. The molecule has 0 aliphatic rings. The number of nitrogens with zero attached hydrogens (tertiary/aromatic N) is 3. The van der Waals surface area contributed by atoms with Crippen molar-refractivity contribution in [3.8, 4) is 28.9 Å². The quantitative estimate of drug-likeness (QED) is 0.469. The lowest BCUT2D eigenvalue weighted by Gasteiger charge is -2.38. The fraction of sp³-hybridized carbons (Fsp3) is 0.458. The Labute approximate surface area is 181 Å². The topological polar surface area (TPSA) is 61.6 Å². The molecule has 1 heterocycles.